The van der Waals surface area contributed by atoms with E-state index in [1.165, 1.54) is 0 Å². The van der Waals surface area contributed by atoms with Crippen LogP contribution in [0.15, 0.2) is 28.7 Å². The van der Waals surface area contributed by atoms with Crippen molar-refractivity contribution >= 4 is 27.9 Å². The minimum absolute atomic E-state index is 0.200. The minimum Gasteiger partial charge on any atom is -0.480 e. The highest BCUT2D eigenvalue weighted by Crippen LogP contribution is 2.30. The van der Waals surface area contributed by atoms with Crippen molar-refractivity contribution in [3.8, 4) is 5.75 Å². The maximum atomic E-state index is 12.0. The number of carbonyl (C=O) groups is 2. The van der Waals surface area contributed by atoms with Gasteiger partial charge < -0.3 is 9.84 Å². The monoisotopic (exact) mass is 314 g/mol. The summed E-state index contributed by atoms with van der Waals surface area (Å²) in [6, 6.07) is 6.74. The molecule has 0 aliphatic heterocycles. The highest BCUT2D eigenvalue weighted by atomic mass is 79.9. The lowest BCUT2D eigenvalue weighted by Crippen LogP contribution is -2.41. The van der Waals surface area contributed by atoms with Crippen LogP contribution in [0.1, 0.15) is 26.7 Å². The maximum absolute atomic E-state index is 12.0. The Morgan fingerprint density at radius 2 is 1.94 bits per heavy atom. The largest absolute Gasteiger partial charge is 0.480 e. The van der Waals surface area contributed by atoms with E-state index >= 15 is 0 Å². The van der Waals surface area contributed by atoms with E-state index in [2.05, 4.69) is 15.9 Å². The van der Waals surface area contributed by atoms with Crippen LogP contribution < -0.4 is 4.74 Å². The Kier molecular flexibility index (Phi) is 4.90. The highest BCUT2D eigenvalue weighted by molar-refractivity contribution is 9.10. The molecule has 4 nitrogen and oxygen atoms in total. The Labute approximate surface area is 114 Å². The van der Waals surface area contributed by atoms with Gasteiger partial charge in [0.05, 0.1) is 0 Å². The number of carboxylic acid groups (broad SMARTS) is 1. The number of aliphatic carboxylic acids is 1. The van der Waals surface area contributed by atoms with Crippen LogP contribution in [-0.4, -0.2) is 17.0 Å². The third kappa shape index (κ3) is 2.90. The molecule has 0 aliphatic carbocycles. The molecule has 0 saturated heterocycles. The zero-order chi connectivity index (χ0) is 13.8. The van der Waals surface area contributed by atoms with Crippen molar-refractivity contribution in [3.63, 3.8) is 0 Å². The number of carbonyl (C=O) groups excluding carboxylic acids is 1. The molecule has 0 atom stereocenters. The molecule has 98 valence electrons. The first-order valence-corrected chi connectivity index (χ1v) is 6.46. The molecule has 0 unspecified atom stereocenters. The first kappa shape index (κ1) is 14.7. The summed E-state index contributed by atoms with van der Waals surface area (Å²) in [6.45, 7) is 3.33. The number of carboxylic acids is 1. The molecular weight excluding hydrogens is 300 g/mol. The number of esters is 1. The second kappa shape index (κ2) is 6.00. The summed E-state index contributed by atoms with van der Waals surface area (Å²) in [5.74, 6) is -1.53. The summed E-state index contributed by atoms with van der Waals surface area (Å²) < 4.78 is 5.92. The smallest absolute Gasteiger partial charge is 0.328 e. The minimum atomic E-state index is -1.47. The SMILES string of the molecule is CCC(CC)(C(=O)O)C(=O)Oc1cccc(Br)c1. The molecule has 0 aliphatic rings. The highest BCUT2D eigenvalue weighted by Gasteiger charge is 2.44. The Morgan fingerprint density at radius 1 is 1.33 bits per heavy atom. The lowest BCUT2D eigenvalue weighted by molar-refractivity contribution is -0.163. The van der Waals surface area contributed by atoms with Gasteiger partial charge in [-0.2, -0.15) is 0 Å². The van der Waals surface area contributed by atoms with E-state index in [1.54, 1.807) is 38.1 Å². The molecule has 5 heteroatoms. The topological polar surface area (TPSA) is 63.6 Å². The van der Waals surface area contributed by atoms with Gasteiger partial charge in [0.1, 0.15) is 5.75 Å². The fourth-order valence-electron chi connectivity index (χ4n) is 1.66. The van der Waals surface area contributed by atoms with Gasteiger partial charge in [0.2, 0.25) is 0 Å². The van der Waals surface area contributed by atoms with E-state index in [4.69, 9.17) is 4.74 Å². The molecule has 0 radical (unpaired) electrons. The zero-order valence-electron chi connectivity index (χ0n) is 10.3. The average molecular weight is 315 g/mol. The predicted molar refractivity (Wildman–Crippen MR) is 70.4 cm³/mol. The molecule has 0 aromatic heterocycles. The number of halogens is 1. The van der Waals surface area contributed by atoms with Crippen LogP contribution >= 0.6 is 15.9 Å². The third-order valence-electron chi connectivity index (χ3n) is 3.01. The first-order valence-electron chi connectivity index (χ1n) is 5.67. The number of hydrogen-bond donors (Lipinski definition) is 1. The molecule has 0 fully saturated rings. The van der Waals surface area contributed by atoms with Crippen molar-refractivity contribution in [1.82, 2.24) is 0 Å². The molecule has 1 aromatic carbocycles. The van der Waals surface area contributed by atoms with Crippen LogP contribution in [0.2, 0.25) is 0 Å². The van der Waals surface area contributed by atoms with Crippen molar-refractivity contribution in [2.75, 3.05) is 0 Å². The molecule has 0 saturated carbocycles. The summed E-state index contributed by atoms with van der Waals surface area (Å²) >= 11 is 3.26. The second-order valence-electron chi connectivity index (χ2n) is 3.94. The summed E-state index contributed by atoms with van der Waals surface area (Å²) in [5, 5.41) is 9.22. The van der Waals surface area contributed by atoms with Crippen molar-refractivity contribution in [2.24, 2.45) is 5.41 Å². The van der Waals surface area contributed by atoms with E-state index in [0.717, 1.165) is 4.47 Å². The van der Waals surface area contributed by atoms with Gasteiger partial charge in [-0.05, 0) is 31.0 Å². The van der Waals surface area contributed by atoms with E-state index in [-0.39, 0.29) is 12.8 Å². The van der Waals surface area contributed by atoms with E-state index in [1.807, 2.05) is 0 Å². The van der Waals surface area contributed by atoms with Gasteiger partial charge in [0, 0.05) is 4.47 Å². The lowest BCUT2D eigenvalue weighted by atomic mass is 9.82. The van der Waals surface area contributed by atoms with Gasteiger partial charge in [-0.1, -0.05) is 35.8 Å². The molecule has 0 heterocycles. The molecule has 1 aromatic rings. The molecule has 0 bridgehead atoms. The van der Waals surface area contributed by atoms with Crippen LogP contribution in [0.5, 0.6) is 5.75 Å². The van der Waals surface area contributed by atoms with Crippen molar-refractivity contribution < 1.29 is 19.4 Å². The zero-order valence-corrected chi connectivity index (χ0v) is 11.9. The molecule has 18 heavy (non-hydrogen) atoms. The predicted octanol–water partition coefficient (Wildman–Crippen LogP) is 3.25. The Balaban J connectivity index is 2.96. The van der Waals surface area contributed by atoms with Crippen molar-refractivity contribution in [1.29, 1.82) is 0 Å². The number of benzene rings is 1. The fourth-order valence-corrected chi connectivity index (χ4v) is 2.04. The van der Waals surface area contributed by atoms with Crippen LogP contribution in [0.4, 0.5) is 0 Å². The van der Waals surface area contributed by atoms with Crippen LogP contribution in [-0.2, 0) is 9.59 Å². The number of ether oxygens (including phenoxy) is 1. The van der Waals surface area contributed by atoms with E-state index in [0.29, 0.717) is 5.75 Å². The van der Waals surface area contributed by atoms with Crippen LogP contribution in [0.3, 0.4) is 0 Å². The Hall–Kier alpha value is -1.36. The molecular formula is C13H15BrO4. The second-order valence-corrected chi connectivity index (χ2v) is 4.86. The molecule has 0 amide bonds. The normalized spacial score (nSPS) is 11.1. The van der Waals surface area contributed by atoms with Gasteiger partial charge in [-0.3, -0.25) is 9.59 Å². The van der Waals surface area contributed by atoms with Crippen LogP contribution in [0.25, 0.3) is 0 Å². The fraction of sp³-hybridized carbons (Fsp3) is 0.385. The number of rotatable bonds is 5. The van der Waals surface area contributed by atoms with Gasteiger partial charge in [0.15, 0.2) is 5.41 Å². The maximum Gasteiger partial charge on any atom is 0.328 e. The quantitative estimate of drug-likeness (QED) is 0.515. The van der Waals surface area contributed by atoms with Crippen molar-refractivity contribution in [3.05, 3.63) is 28.7 Å². The van der Waals surface area contributed by atoms with Crippen LogP contribution in [0, 0.1) is 5.41 Å². The summed E-state index contributed by atoms with van der Waals surface area (Å²) in [7, 11) is 0. The number of hydrogen-bond acceptors (Lipinski definition) is 3. The van der Waals surface area contributed by atoms with Gasteiger partial charge >= 0.3 is 11.9 Å². The summed E-state index contributed by atoms with van der Waals surface area (Å²) in [6.07, 6.45) is 0.400. The Morgan fingerprint density at radius 3 is 2.39 bits per heavy atom. The van der Waals surface area contributed by atoms with Crippen molar-refractivity contribution in [2.45, 2.75) is 26.7 Å². The van der Waals surface area contributed by atoms with E-state index in [9.17, 15) is 14.7 Å². The van der Waals surface area contributed by atoms with Gasteiger partial charge in [0.25, 0.3) is 0 Å². The van der Waals surface area contributed by atoms with Gasteiger partial charge in [-0.15, -0.1) is 0 Å². The summed E-state index contributed by atoms with van der Waals surface area (Å²) in [5.41, 5.74) is -1.47. The standard InChI is InChI=1S/C13H15BrO4/c1-3-13(4-2,11(15)16)12(17)18-10-7-5-6-9(14)8-10/h5-8H,3-4H2,1-2H3,(H,15,16). The average Bonchev–Trinajstić information content (AvgIpc) is 2.30. The molecule has 1 rings (SSSR count). The van der Waals surface area contributed by atoms with Gasteiger partial charge in [-0.25, -0.2) is 0 Å². The summed E-state index contributed by atoms with van der Waals surface area (Å²) in [4.78, 5) is 23.3. The lowest BCUT2D eigenvalue weighted by Gasteiger charge is -2.24. The van der Waals surface area contributed by atoms with E-state index < -0.39 is 17.4 Å². The third-order valence-corrected chi connectivity index (χ3v) is 3.51. The first-order chi connectivity index (χ1) is 8.46. The molecule has 1 N–H and O–H groups in total. The molecule has 0 spiro atoms. The Bertz CT molecular complexity index is 452.